The van der Waals surface area contributed by atoms with Gasteiger partial charge in [-0.1, -0.05) is 45.6 Å². The Labute approximate surface area is 248 Å². The molecule has 0 spiro atoms. The Bertz CT molecular complexity index is 1550. The molecule has 0 saturated heterocycles. The number of carbonyl (C=O) groups excluding carboxylic acids is 1. The van der Waals surface area contributed by atoms with Crippen LogP contribution in [0.25, 0.3) is 28.6 Å². The summed E-state index contributed by atoms with van der Waals surface area (Å²) >= 11 is 12.6. The van der Waals surface area contributed by atoms with Crippen molar-refractivity contribution < 1.29 is 28.1 Å². The molecule has 214 valence electrons. The molecule has 4 aromatic rings. The Morgan fingerprint density at radius 3 is 1.90 bits per heavy atom. The van der Waals surface area contributed by atoms with Crippen molar-refractivity contribution in [1.29, 1.82) is 0 Å². The maximum atomic E-state index is 11.0. The summed E-state index contributed by atoms with van der Waals surface area (Å²) in [5.74, 6) is 3.83. The number of nitrogens with zero attached hydrogens (tertiary/aromatic N) is 2. The minimum Gasteiger partial charge on any atom is -0.504 e. The maximum absolute atomic E-state index is 11.0. The van der Waals surface area contributed by atoms with Crippen molar-refractivity contribution in [1.82, 2.24) is 10.3 Å². The van der Waals surface area contributed by atoms with Crippen molar-refractivity contribution in [3.63, 3.8) is 0 Å². The number of aromatic nitrogens is 2. The Kier molecular flexibility index (Phi) is 9.00. The Morgan fingerprint density at radius 1 is 0.829 bits per heavy atom. The highest BCUT2D eigenvalue weighted by molar-refractivity contribution is 6.34. The number of aldehydes is 1. The van der Waals surface area contributed by atoms with Crippen LogP contribution in [0.4, 0.5) is 0 Å². The number of halogens is 2. The first-order valence-electron chi connectivity index (χ1n) is 13.3. The monoisotopic (exact) mass is 596 g/mol. The Morgan fingerprint density at radius 2 is 1.37 bits per heavy atom. The summed E-state index contributed by atoms with van der Waals surface area (Å²) in [5, 5.41) is 9.48. The predicted molar refractivity (Wildman–Crippen MR) is 157 cm³/mol. The van der Waals surface area contributed by atoms with Crippen molar-refractivity contribution in [3.05, 3.63) is 75.4 Å². The molecule has 0 atom stereocenters. The second-order valence-corrected chi connectivity index (χ2v) is 10.6. The summed E-state index contributed by atoms with van der Waals surface area (Å²) in [7, 11) is 4.80. The van der Waals surface area contributed by atoms with Crippen LogP contribution in [0.5, 0.6) is 11.5 Å². The zero-order valence-corrected chi connectivity index (χ0v) is 24.5. The van der Waals surface area contributed by atoms with E-state index in [4.69, 9.17) is 46.5 Å². The quantitative estimate of drug-likeness (QED) is 0.134. The van der Waals surface area contributed by atoms with E-state index < -0.39 is 0 Å². The van der Waals surface area contributed by atoms with E-state index in [0.29, 0.717) is 50.3 Å². The smallest absolute Gasteiger partial charge is 0.147 e. The second-order valence-electron chi connectivity index (χ2n) is 9.78. The fourth-order valence-corrected chi connectivity index (χ4v) is 5.21. The van der Waals surface area contributed by atoms with Gasteiger partial charge in [-0.05, 0) is 56.0 Å². The molecule has 6 rings (SSSR count). The van der Waals surface area contributed by atoms with Crippen LogP contribution in [-0.2, 0) is 16.0 Å². The van der Waals surface area contributed by atoms with Crippen LogP contribution in [0.2, 0.25) is 10.0 Å². The summed E-state index contributed by atoms with van der Waals surface area (Å²) in [5.41, 5.74) is 4.46. The van der Waals surface area contributed by atoms with Crippen LogP contribution in [0.1, 0.15) is 60.2 Å². The van der Waals surface area contributed by atoms with Gasteiger partial charge in [0.05, 0.1) is 48.8 Å². The van der Waals surface area contributed by atoms with E-state index in [2.05, 4.69) is 10.3 Å². The van der Waals surface area contributed by atoms with E-state index in [-0.39, 0.29) is 6.42 Å². The van der Waals surface area contributed by atoms with Crippen LogP contribution in [0.15, 0.2) is 51.7 Å². The van der Waals surface area contributed by atoms with Crippen LogP contribution in [0.3, 0.4) is 0 Å². The van der Waals surface area contributed by atoms with Gasteiger partial charge in [0, 0.05) is 29.4 Å². The minimum atomic E-state index is 0.277. The van der Waals surface area contributed by atoms with E-state index >= 15 is 0 Å². The standard InChI is InChI=1S/C16H16ClNO3.C15H14ClNO3/c1-19-9-8-11-15(18-21-16(11)10-6-7-10)14-12(17)4-3-5-13(14)20-2;1-19-12-4-2-3-11(16)13(12)14-10(7-8-18)15(20-17-14)9-5-6-9/h3-5,8-10H,6-7H2,1-2H3;2-4,8-9H,5-7H2,1H3/b9-8+;. The highest BCUT2D eigenvalue weighted by atomic mass is 35.5. The molecular weight excluding hydrogens is 567 g/mol. The predicted octanol–water partition coefficient (Wildman–Crippen LogP) is 8.12. The van der Waals surface area contributed by atoms with Gasteiger partial charge in [0.25, 0.3) is 0 Å². The molecule has 2 saturated carbocycles. The molecule has 0 bridgehead atoms. The topological polar surface area (TPSA) is 96.8 Å². The number of hydrogen-bond donors (Lipinski definition) is 0. The first kappa shape index (κ1) is 28.8. The number of carbonyl (C=O) groups is 1. The van der Waals surface area contributed by atoms with Crippen LogP contribution >= 0.6 is 23.2 Å². The maximum Gasteiger partial charge on any atom is 0.147 e. The minimum absolute atomic E-state index is 0.277. The summed E-state index contributed by atoms with van der Waals surface area (Å²) in [4.78, 5) is 11.0. The van der Waals surface area contributed by atoms with E-state index in [9.17, 15) is 4.79 Å². The van der Waals surface area contributed by atoms with Gasteiger partial charge in [-0.3, -0.25) is 0 Å². The van der Waals surface area contributed by atoms with Gasteiger partial charge < -0.3 is 28.1 Å². The Balaban J connectivity index is 0.000000165. The highest BCUT2D eigenvalue weighted by Gasteiger charge is 2.34. The van der Waals surface area contributed by atoms with Crippen LogP contribution < -0.4 is 9.47 Å². The van der Waals surface area contributed by atoms with Crippen LogP contribution in [0, 0.1) is 0 Å². The SMILES string of the molecule is CO/C=C/c1c(-c2c(Cl)cccc2OC)noc1C1CC1.COc1cccc(Cl)c1-c1noc(C2CC2)c1CC=O. The summed E-state index contributed by atoms with van der Waals surface area (Å²) in [6, 6.07) is 10.9. The van der Waals surface area contributed by atoms with Gasteiger partial charge in [0.1, 0.15) is 40.7 Å². The lowest BCUT2D eigenvalue weighted by molar-refractivity contribution is -0.107. The van der Waals surface area contributed by atoms with E-state index in [0.717, 1.165) is 60.2 Å². The van der Waals surface area contributed by atoms with Gasteiger partial charge in [0.15, 0.2) is 0 Å². The van der Waals surface area contributed by atoms with Gasteiger partial charge >= 0.3 is 0 Å². The fraction of sp³-hybridized carbons (Fsp3) is 0.323. The summed E-state index contributed by atoms with van der Waals surface area (Å²) in [6.07, 6.45) is 9.04. The van der Waals surface area contributed by atoms with Crippen molar-refractivity contribution >= 4 is 35.6 Å². The van der Waals surface area contributed by atoms with E-state index in [1.165, 1.54) is 0 Å². The second kappa shape index (κ2) is 12.8. The van der Waals surface area contributed by atoms with E-state index in [1.807, 2.05) is 36.4 Å². The van der Waals surface area contributed by atoms with E-state index in [1.54, 1.807) is 33.7 Å². The van der Waals surface area contributed by atoms with Crippen molar-refractivity contribution in [2.75, 3.05) is 21.3 Å². The largest absolute Gasteiger partial charge is 0.504 e. The van der Waals surface area contributed by atoms with Crippen LogP contribution in [-0.4, -0.2) is 37.9 Å². The summed E-state index contributed by atoms with van der Waals surface area (Å²) in [6.45, 7) is 0. The van der Waals surface area contributed by atoms with Crippen molar-refractivity contribution in [2.45, 2.75) is 43.9 Å². The number of benzene rings is 2. The van der Waals surface area contributed by atoms with Gasteiger partial charge in [-0.15, -0.1) is 0 Å². The third-order valence-electron chi connectivity index (χ3n) is 6.99. The first-order valence-corrected chi connectivity index (χ1v) is 14.0. The molecule has 0 radical (unpaired) electrons. The molecule has 2 heterocycles. The molecule has 41 heavy (non-hydrogen) atoms. The van der Waals surface area contributed by atoms with Gasteiger partial charge in [0.2, 0.25) is 0 Å². The van der Waals surface area contributed by atoms with Gasteiger partial charge in [-0.25, -0.2) is 0 Å². The number of rotatable bonds is 10. The lowest BCUT2D eigenvalue weighted by Crippen LogP contribution is -1.95. The molecule has 0 unspecified atom stereocenters. The summed E-state index contributed by atoms with van der Waals surface area (Å²) < 4.78 is 26.8. The average molecular weight is 597 g/mol. The Hall–Kier alpha value is -3.75. The molecule has 2 aliphatic carbocycles. The lowest BCUT2D eigenvalue weighted by atomic mass is 10.0. The molecule has 8 nitrogen and oxygen atoms in total. The molecule has 10 heteroatoms. The lowest BCUT2D eigenvalue weighted by Gasteiger charge is -2.08. The third kappa shape index (κ3) is 6.14. The zero-order chi connectivity index (χ0) is 28.9. The molecule has 2 aromatic carbocycles. The number of methoxy groups -OCH3 is 3. The molecular formula is C31H30Cl2N2O6. The fourth-order valence-electron chi connectivity index (χ4n) is 4.70. The number of ether oxygens (including phenoxy) is 3. The zero-order valence-electron chi connectivity index (χ0n) is 23.0. The molecule has 0 N–H and O–H groups in total. The molecule has 2 aromatic heterocycles. The molecule has 2 aliphatic rings. The first-order chi connectivity index (χ1) is 20.0. The normalized spacial score (nSPS) is 14.5. The molecule has 0 amide bonds. The third-order valence-corrected chi connectivity index (χ3v) is 7.62. The van der Waals surface area contributed by atoms with Crippen molar-refractivity contribution in [3.8, 4) is 34.0 Å². The molecule has 0 aliphatic heterocycles. The van der Waals surface area contributed by atoms with Gasteiger partial charge in [-0.2, -0.15) is 0 Å². The molecule has 2 fully saturated rings. The highest BCUT2D eigenvalue weighted by Crippen LogP contribution is 2.47. The average Bonchev–Trinajstić information content (AvgIpc) is 3.92. The number of hydrogen-bond acceptors (Lipinski definition) is 8. The van der Waals surface area contributed by atoms with Crippen molar-refractivity contribution in [2.24, 2.45) is 0 Å².